The largest absolute Gasteiger partial charge is 0.353 e. The van der Waals surface area contributed by atoms with Gasteiger partial charge >= 0.3 is 0 Å². The van der Waals surface area contributed by atoms with Gasteiger partial charge in [0.25, 0.3) is 0 Å². The van der Waals surface area contributed by atoms with E-state index in [9.17, 15) is 14.4 Å². The molecule has 0 aliphatic carbocycles. The van der Waals surface area contributed by atoms with Gasteiger partial charge in [0.15, 0.2) is 11.6 Å². The summed E-state index contributed by atoms with van der Waals surface area (Å²) in [6, 6.07) is 7.86. The molecule has 0 bridgehead atoms. The summed E-state index contributed by atoms with van der Waals surface area (Å²) >= 11 is 0. The predicted molar refractivity (Wildman–Crippen MR) is 91.9 cm³/mol. The summed E-state index contributed by atoms with van der Waals surface area (Å²) in [5.74, 6) is -0.0118. The van der Waals surface area contributed by atoms with Gasteiger partial charge in [0.2, 0.25) is 0 Å². The Morgan fingerprint density at radius 2 is 2.00 bits per heavy atom. The number of aryl methyl sites for hydroxylation is 1. The second-order valence-corrected chi connectivity index (χ2v) is 6.38. The number of halogens is 1. The van der Waals surface area contributed by atoms with Crippen molar-refractivity contribution in [3.63, 3.8) is 0 Å². The van der Waals surface area contributed by atoms with Gasteiger partial charge in [-0.1, -0.05) is 0 Å². The quantitative estimate of drug-likeness (QED) is 0.804. The van der Waals surface area contributed by atoms with Crippen LogP contribution in [0.1, 0.15) is 40.0 Å². The molecule has 0 unspecified atom stereocenters. The van der Waals surface area contributed by atoms with Crippen LogP contribution < -0.4 is 4.90 Å². The fraction of sp³-hybridized carbons (Fsp3) is 0.368. The zero-order valence-electron chi connectivity index (χ0n) is 14.3. The van der Waals surface area contributed by atoms with E-state index < -0.39 is 0 Å². The second-order valence-electron chi connectivity index (χ2n) is 6.38. The molecule has 2 heterocycles. The van der Waals surface area contributed by atoms with E-state index in [0.717, 1.165) is 30.6 Å². The van der Waals surface area contributed by atoms with Gasteiger partial charge in [-0.05, 0) is 56.5 Å². The Bertz CT molecular complexity index is 842. The number of carbonyl (C=O) groups is 1. The lowest BCUT2D eigenvalue weighted by Gasteiger charge is -2.33. The summed E-state index contributed by atoms with van der Waals surface area (Å²) in [5.41, 5.74) is 2.58. The molecule has 0 amide bonds. The van der Waals surface area contributed by atoms with E-state index in [2.05, 4.69) is 16.3 Å². The number of Topliss-reactive ketones (excluding diaryl/α,β-unsaturated/α-hetero) is 1. The topological polar surface area (TPSA) is 69.9 Å². The second kappa shape index (κ2) is 6.98. The molecule has 0 radical (unpaired) electrons. The minimum Gasteiger partial charge on any atom is -0.353 e. The normalized spacial score (nSPS) is 17.2. The lowest BCUT2D eigenvalue weighted by atomic mass is 9.89. The number of aromatic nitrogens is 2. The highest BCUT2D eigenvalue weighted by Crippen LogP contribution is 2.28. The first-order valence-corrected chi connectivity index (χ1v) is 8.30. The van der Waals surface area contributed by atoms with E-state index >= 15 is 0 Å². The Morgan fingerprint density at radius 3 is 2.68 bits per heavy atom. The fourth-order valence-corrected chi connectivity index (χ4v) is 3.18. The smallest absolute Gasteiger partial charge is 0.169 e. The van der Waals surface area contributed by atoms with E-state index in [1.54, 1.807) is 0 Å². The van der Waals surface area contributed by atoms with Crippen molar-refractivity contribution in [1.82, 2.24) is 10.2 Å². The van der Waals surface area contributed by atoms with E-state index in [0.29, 0.717) is 23.5 Å². The van der Waals surface area contributed by atoms with E-state index in [1.807, 2.05) is 18.7 Å². The highest BCUT2D eigenvalue weighted by atomic mass is 19.1. The average Bonchev–Trinajstić information content (AvgIpc) is 2.64. The van der Waals surface area contributed by atoms with Crippen molar-refractivity contribution in [3.05, 3.63) is 52.5 Å². The third-order valence-electron chi connectivity index (χ3n) is 4.77. The monoisotopic (exact) mass is 338 g/mol. The molecule has 0 spiro atoms. The standard InChI is InChI=1S/C19H19FN4O/c1-12-13(2)22-23-19(17(12)10-21)24-9-3-4-15(11-24)18(25)14-5-7-16(20)8-6-14/h5-8,15H,3-4,9,11H2,1-2H3/t15-/m0/s1. The Hall–Kier alpha value is -2.81. The van der Waals surface area contributed by atoms with Crippen LogP contribution in [0.25, 0.3) is 0 Å². The van der Waals surface area contributed by atoms with Crippen molar-refractivity contribution >= 4 is 11.6 Å². The Morgan fingerprint density at radius 1 is 1.28 bits per heavy atom. The third kappa shape index (κ3) is 3.36. The average molecular weight is 338 g/mol. The van der Waals surface area contributed by atoms with Gasteiger partial charge in [-0.2, -0.15) is 10.4 Å². The SMILES string of the molecule is Cc1nnc(N2CCC[C@H](C(=O)c3ccc(F)cc3)C2)c(C#N)c1C. The summed E-state index contributed by atoms with van der Waals surface area (Å²) in [6.07, 6.45) is 1.60. The van der Waals surface area contributed by atoms with Gasteiger partial charge in [-0.3, -0.25) is 4.79 Å². The number of hydrogen-bond donors (Lipinski definition) is 0. The molecule has 5 nitrogen and oxygen atoms in total. The molecule has 1 aromatic carbocycles. The molecule has 1 aliphatic rings. The van der Waals surface area contributed by atoms with Crippen molar-refractivity contribution in [2.24, 2.45) is 5.92 Å². The van der Waals surface area contributed by atoms with E-state index in [-0.39, 0.29) is 17.5 Å². The predicted octanol–water partition coefficient (Wildman–Crippen LogP) is 3.20. The number of nitrogens with zero attached hydrogens (tertiary/aromatic N) is 4. The Kier molecular flexibility index (Phi) is 4.75. The maximum atomic E-state index is 13.1. The molecule has 1 saturated heterocycles. The zero-order valence-corrected chi connectivity index (χ0v) is 14.3. The van der Waals surface area contributed by atoms with Crippen LogP contribution in [-0.2, 0) is 0 Å². The molecule has 128 valence electrons. The van der Waals surface area contributed by atoms with E-state index in [4.69, 9.17) is 0 Å². The molecule has 1 aromatic heterocycles. The molecule has 2 aromatic rings. The molecule has 1 fully saturated rings. The molecule has 0 saturated carbocycles. The Labute approximate surface area is 146 Å². The fourth-order valence-electron chi connectivity index (χ4n) is 3.18. The van der Waals surface area contributed by atoms with Gasteiger partial charge in [0.05, 0.1) is 5.69 Å². The van der Waals surface area contributed by atoms with Gasteiger partial charge < -0.3 is 4.90 Å². The third-order valence-corrected chi connectivity index (χ3v) is 4.77. The number of nitriles is 1. The molecule has 0 N–H and O–H groups in total. The first-order valence-electron chi connectivity index (χ1n) is 8.30. The summed E-state index contributed by atoms with van der Waals surface area (Å²) in [5, 5.41) is 17.8. The lowest BCUT2D eigenvalue weighted by molar-refractivity contribution is 0.0907. The van der Waals surface area contributed by atoms with Crippen molar-refractivity contribution in [1.29, 1.82) is 5.26 Å². The van der Waals surface area contributed by atoms with Crippen LogP contribution in [0, 0.1) is 36.9 Å². The minimum atomic E-state index is -0.356. The number of hydrogen-bond acceptors (Lipinski definition) is 5. The molecule has 1 aliphatic heterocycles. The lowest BCUT2D eigenvalue weighted by Crippen LogP contribution is -2.40. The van der Waals surface area contributed by atoms with Crippen LogP contribution in [0.4, 0.5) is 10.2 Å². The van der Waals surface area contributed by atoms with Gasteiger partial charge in [-0.15, -0.1) is 5.10 Å². The molecule has 1 atom stereocenters. The molecule has 6 heteroatoms. The highest BCUT2D eigenvalue weighted by Gasteiger charge is 2.29. The summed E-state index contributed by atoms with van der Waals surface area (Å²) in [4.78, 5) is 14.7. The van der Waals surface area contributed by atoms with Crippen LogP contribution in [0.15, 0.2) is 24.3 Å². The number of rotatable bonds is 3. The zero-order chi connectivity index (χ0) is 18.0. The van der Waals surface area contributed by atoms with Crippen molar-refractivity contribution in [3.8, 4) is 6.07 Å². The van der Waals surface area contributed by atoms with Gasteiger partial charge in [0, 0.05) is 24.6 Å². The number of benzene rings is 1. The van der Waals surface area contributed by atoms with Crippen molar-refractivity contribution < 1.29 is 9.18 Å². The maximum Gasteiger partial charge on any atom is 0.169 e. The van der Waals surface area contributed by atoms with Gasteiger partial charge in [0.1, 0.15) is 17.4 Å². The number of anilines is 1. The Balaban J connectivity index is 1.85. The number of ketones is 1. The minimum absolute atomic E-state index is 0.000000420. The van der Waals surface area contributed by atoms with Crippen molar-refractivity contribution in [2.45, 2.75) is 26.7 Å². The highest BCUT2D eigenvalue weighted by molar-refractivity contribution is 5.98. The van der Waals surface area contributed by atoms with Gasteiger partial charge in [-0.25, -0.2) is 4.39 Å². The molecular formula is C19H19FN4O. The number of piperidine rings is 1. The van der Waals surface area contributed by atoms with Crippen LogP contribution >= 0.6 is 0 Å². The van der Waals surface area contributed by atoms with Crippen LogP contribution in [0.2, 0.25) is 0 Å². The van der Waals surface area contributed by atoms with Crippen LogP contribution in [-0.4, -0.2) is 29.1 Å². The van der Waals surface area contributed by atoms with E-state index in [1.165, 1.54) is 24.3 Å². The number of carbonyl (C=O) groups excluding carboxylic acids is 1. The molecule has 3 rings (SSSR count). The summed E-state index contributed by atoms with van der Waals surface area (Å²) in [7, 11) is 0. The van der Waals surface area contributed by atoms with Crippen molar-refractivity contribution in [2.75, 3.05) is 18.0 Å². The van der Waals surface area contributed by atoms with Crippen LogP contribution in [0.5, 0.6) is 0 Å². The maximum absolute atomic E-state index is 13.1. The first-order chi connectivity index (χ1) is 12.0. The summed E-state index contributed by atoms with van der Waals surface area (Å²) in [6.45, 7) is 4.91. The molecule has 25 heavy (non-hydrogen) atoms. The first kappa shape index (κ1) is 17.0. The van der Waals surface area contributed by atoms with Crippen LogP contribution in [0.3, 0.4) is 0 Å². The summed E-state index contributed by atoms with van der Waals surface area (Å²) < 4.78 is 13.1. The molecular weight excluding hydrogens is 319 g/mol.